The van der Waals surface area contributed by atoms with E-state index >= 15 is 0 Å². The zero-order chi connectivity index (χ0) is 16.6. The molecule has 4 nitrogen and oxygen atoms in total. The summed E-state index contributed by atoms with van der Waals surface area (Å²) < 4.78 is 0. The molecule has 4 rings (SSSR count). The number of carbonyl (C=O) groups is 2. The lowest BCUT2D eigenvalue weighted by molar-refractivity contribution is -0.133. The van der Waals surface area contributed by atoms with Crippen LogP contribution in [0.4, 0.5) is 0 Å². The maximum absolute atomic E-state index is 12.3. The zero-order valence-corrected chi connectivity index (χ0v) is 14.9. The molecule has 1 saturated heterocycles. The molecule has 4 heteroatoms. The molecule has 2 amide bonds. The first kappa shape index (κ1) is 16.4. The Morgan fingerprint density at radius 1 is 1.00 bits per heavy atom. The first-order valence-electron chi connectivity index (χ1n) is 10.2. The van der Waals surface area contributed by atoms with E-state index in [4.69, 9.17) is 0 Å². The number of hydrogen-bond donors (Lipinski definition) is 1. The Balaban J connectivity index is 1.27. The van der Waals surface area contributed by atoms with E-state index in [0.29, 0.717) is 17.9 Å². The standard InChI is InChI=1S/C20H32N2O2/c23-18(13-15-3-1-2-4-15)21-17-7-10-20(11-8-17)12-9-19(24)22(20)14-16-5-6-16/h15-17H,1-14H2,(H,21,23). The molecule has 0 aromatic heterocycles. The third kappa shape index (κ3) is 3.48. The van der Waals surface area contributed by atoms with Crippen molar-refractivity contribution < 1.29 is 9.59 Å². The van der Waals surface area contributed by atoms with Crippen molar-refractivity contribution in [1.29, 1.82) is 0 Å². The molecule has 0 aromatic carbocycles. The summed E-state index contributed by atoms with van der Waals surface area (Å²) in [6.07, 6.45) is 14.5. The monoisotopic (exact) mass is 332 g/mol. The molecular weight excluding hydrogens is 300 g/mol. The quantitative estimate of drug-likeness (QED) is 0.839. The van der Waals surface area contributed by atoms with Crippen LogP contribution in [-0.2, 0) is 9.59 Å². The van der Waals surface area contributed by atoms with E-state index in [1.54, 1.807) is 0 Å². The third-order valence-electron chi connectivity index (χ3n) is 7.05. The second kappa shape index (κ2) is 6.68. The van der Waals surface area contributed by atoms with Gasteiger partial charge in [0.05, 0.1) is 0 Å². The van der Waals surface area contributed by atoms with Crippen LogP contribution >= 0.6 is 0 Å². The Morgan fingerprint density at radius 3 is 2.38 bits per heavy atom. The molecule has 1 aliphatic heterocycles. The van der Waals surface area contributed by atoms with Crippen molar-refractivity contribution in [3.8, 4) is 0 Å². The number of nitrogens with zero attached hydrogens (tertiary/aromatic N) is 1. The molecule has 134 valence electrons. The van der Waals surface area contributed by atoms with Crippen LogP contribution in [0.2, 0.25) is 0 Å². The summed E-state index contributed by atoms with van der Waals surface area (Å²) in [6.45, 7) is 0.998. The molecule has 3 aliphatic carbocycles. The molecule has 3 saturated carbocycles. The van der Waals surface area contributed by atoms with Crippen LogP contribution in [0.1, 0.15) is 83.5 Å². The normalized spacial score (nSPS) is 34.2. The Bertz CT molecular complexity index is 486. The average Bonchev–Trinajstić information content (AvgIpc) is 3.17. The van der Waals surface area contributed by atoms with E-state index in [1.807, 2.05) is 0 Å². The molecule has 0 bridgehead atoms. The number of amides is 2. The Morgan fingerprint density at radius 2 is 1.71 bits per heavy atom. The number of likely N-dealkylation sites (tertiary alicyclic amines) is 1. The topological polar surface area (TPSA) is 49.4 Å². The largest absolute Gasteiger partial charge is 0.353 e. The van der Waals surface area contributed by atoms with E-state index in [1.165, 1.54) is 38.5 Å². The Labute approximate surface area is 145 Å². The van der Waals surface area contributed by atoms with Crippen LogP contribution < -0.4 is 5.32 Å². The van der Waals surface area contributed by atoms with Gasteiger partial charge in [-0.2, -0.15) is 0 Å². The van der Waals surface area contributed by atoms with Gasteiger partial charge in [0, 0.05) is 31.0 Å². The SMILES string of the molecule is O=C(CC1CCCC1)NC1CCC2(CCC(=O)N2CC2CC2)CC1. The van der Waals surface area contributed by atoms with Crippen LogP contribution in [0.15, 0.2) is 0 Å². The first-order valence-corrected chi connectivity index (χ1v) is 10.2. The van der Waals surface area contributed by atoms with Gasteiger partial charge in [-0.05, 0) is 69.6 Å². The number of rotatable bonds is 5. The molecule has 0 radical (unpaired) electrons. The fraction of sp³-hybridized carbons (Fsp3) is 0.900. The molecule has 4 aliphatic rings. The van der Waals surface area contributed by atoms with Gasteiger partial charge in [-0.25, -0.2) is 0 Å². The predicted octanol–water partition coefficient (Wildman–Crippen LogP) is 3.40. The molecule has 4 fully saturated rings. The molecule has 0 atom stereocenters. The zero-order valence-electron chi connectivity index (χ0n) is 14.9. The van der Waals surface area contributed by atoms with Gasteiger partial charge in [-0.3, -0.25) is 9.59 Å². The molecule has 1 heterocycles. The van der Waals surface area contributed by atoms with Crippen molar-refractivity contribution in [2.75, 3.05) is 6.54 Å². The van der Waals surface area contributed by atoms with Crippen molar-refractivity contribution >= 4 is 11.8 Å². The third-order valence-corrected chi connectivity index (χ3v) is 7.05. The molecule has 1 N–H and O–H groups in total. The fourth-order valence-corrected chi connectivity index (χ4v) is 5.31. The molecular formula is C20H32N2O2. The highest BCUT2D eigenvalue weighted by Gasteiger charge is 2.48. The minimum atomic E-state index is 0.131. The second-order valence-corrected chi connectivity index (χ2v) is 8.87. The summed E-state index contributed by atoms with van der Waals surface area (Å²) in [5.41, 5.74) is 0.131. The smallest absolute Gasteiger partial charge is 0.223 e. The van der Waals surface area contributed by atoms with Crippen LogP contribution in [0.25, 0.3) is 0 Å². The van der Waals surface area contributed by atoms with Gasteiger partial charge in [0.15, 0.2) is 0 Å². The van der Waals surface area contributed by atoms with E-state index in [-0.39, 0.29) is 11.4 Å². The lowest BCUT2D eigenvalue weighted by Gasteiger charge is -2.44. The minimum Gasteiger partial charge on any atom is -0.353 e. The van der Waals surface area contributed by atoms with Gasteiger partial charge in [-0.15, -0.1) is 0 Å². The van der Waals surface area contributed by atoms with Gasteiger partial charge >= 0.3 is 0 Å². The Hall–Kier alpha value is -1.06. The lowest BCUT2D eigenvalue weighted by Crippen LogP contribution is -2.52. The number of hydrogen-bond acceptors (Lipinski definition) is 2. The lowest BCUT2D eigenvalue weighted by atomic mass is 9.77. The summed E-state index contributed by atoms with van der Waals surface area (Å²) in [6, 6.07) is 0.336. The highest BCUT2D eigenvalue weighted by molar-refractivity contribution is 5.80. The maximum Gasteiger partial charge on any atom is 0.223 e. The van der Waals surface area contributed by atoms with Gasteiger partial charge in [0.25, 0.3) is 0 Å². The molecule has 1 spiro atoms. The van der Waals surface area contributed by atoms with Crippen molar-refractivity contribution in [3.05, 3.63) is 0 Å². The summed E-state index contributed by atoms with van der Waals surface area (Å²) in [7, 11) is 0. The van der Waals surface area contributed by atoms with Gasteiger partial charge in [0.2, 0.25) is 11.8 Å². The fourth-order valence-electron chi connectivity index (χ4n) is 5.31. The highest BCUT2D eigenvalue weighted by atomic mass is 16.2. The summed E-state index contributed by atoms with van der Waals surface area (Å²) >= 11 is 0. The molecule has 0 aromatic rings. The average molecular weight is 332 g/mol. The minimum absolute atomic E-state index is 0.131. The van der Waals surface area contributed by atoms with E-state index in [9.17, 15) is 9.59 Å². The van der Waals surface area contributed by atoms with Gasteiger partial charge in [-0.1, -0.05) is 12.8 Å². The van der Waals surface area contributed by atoms with Crippen LogP contribution in [-0.4, -0.2) is 34.8 Å². The van der Waals surface area contributed by atoms with Crippen LogP contribution in [0, 0.1) is 11.8 Å². The summed E-state index contributed by atoms with van der Waals surface area (Å²) in [5, 5.41) is 3.29. The molecule has 0 unspecified atom stereocenters. The summed E-state index contributed by atoms with van der Waals surface area (Å²) in [5.74, 6) is 2.04. The maximum atomic E-state index is 12.3. The predicted molar refractivity (Wildman–Crippen MR) is 93.4 cm³/mol. The first-order chi connectivity index (χ1) is 11.6. The van der Waals surface area contributed by atoms with E-state index in [0.717, 1.165) is 57.4 Å². The second-order valence-electron chi connectivity index (χ2n) is 8.87. The van der Waals surface area contributed by atoms with Crippen molar-refractivity contribution in [3.63, 3.8) is 0 Å². The van der Waals surface area contributed by atoms with Crippen molar-refractivity contribution in [2.24, 2.45) is 11.8 Å². The van der Waals surface area contributed by atoms with Crippen LogP contribution in [0.5, 0.6) is 0 Å². The van der Waals surface area contributed by atoms with E-state index in [2.05, 4.69) is 10.2 Å². The Kier molecular flexibility index (Phi) is 4.57. The van der Waals surface area contributed by atoms with E-state index < -0.39 is 0 Å². The van der Waals surface area contributed by atoms with Gasteiger partial charge < -0.3 is 10.2 Å². The van der Waals surface area contributed by atoms with Crippen LogP contribution in [0.3, 0.4) is 0 Å². The van der Waals surface area contributed by atoms with Gasteiger partial charge in [0.1, 0.15) is 0 Å². The number of carbonyl (C=O) groups excluding carboxylic acids is 2. The highest BCUT2D eigenvalue weighted by Crippen LogP contribution is 2.44. The summed E-state index contributed by atoms with van der Waals surface area (Å²) in [4.78, 5) is 26.8. The molecule has 24 heavy (non-hydrogen) atoms. The van der Waals surface area contributed by atoms with Crippen molar-refractivity contribution in [2.45, 2.75) is 95.1 Å². The number of nitrogens with one attached hydrogen (secondary N) is 1. The van der Waals surface area contributed by atoms with Crippen molar-refractivity contribution in [1.82, 2.24) is 10.2 Å².